The molecule has 0 atom stereocenters. The zero-order valence-corrected chi connectivity index (χ0v) is 10.6. The summed E-state index contributed by atoms with van der Waals surface area (Å²) in [4.78, 5) is 22.3. The van der Waals surface area contributed by atoms with E-state index in [9.17, 15) is 9.59 Å². The van der Waals surface area contributed by atoms with Gasteiger partial charge >= 0.3 is 0 Å². The van der Waals surface area contributed by atoms with Gasteiger partial charge in [0.2, 0.25) is 5.91 Å². The molecule has 0 fully saturated rings. The first kappa shape index (κ1) is 13.2. The molecule has 1 aromatic rings. The van der Waals surface area contributed by atoms with Gasteiger partial charge in [0.1, 0.15) is 11.5 Å². The standard InChI is InChI=1S/C13H17NO3/c1-8-5-6-11(10(3)13(8)17-4)14-12(16)7-9(2)15/h5-6H,7H2,1-4H3,(H,14,16). The predicted molar refractivity (Wildman–Crippen MR) is 66.4 cm³/mol. The van der Waals surface area contributed by atoms with Gasteiger partial charge in [0.25, 0.3) is 0 Å². The lowest BCUT2D eigenvalue weighted by atomic mass is 10.1. The third-order valence-electron chi connectivity index (χ3n) is 2.49. The van der Waals surface area contributed by atoms with Crippen LogP contribution in [-0.2, 0) is 9.59 Å². The number of anilines is 1. The first-order valence-corrected chi connectivity index (χ1v) is 5.39. The molecule has 4 heteroatoms. The molecule has 1 amide bonds. The number of benzene rings is 1. The van der Waals surface area contributed by atoms with Crippen LogP contribution in [0.15, 0.2) is 12.1 Å². The van der Waals surface area contributed by atoms with Crippen LogP contribution in [0, 0.1) is 13.8 Å². The van der Waals surface area contributed by atoms with Crippen LogP contribution in [0.5, 0.6) is 5.75 Å². The van der Waals surface area contributed by atoms with Crippen LogP contribution < -0.4 is 10.1 Å². The van der Waals surface area contributed by atoms with Gasteiger partial charge in [-0.1, -0.05) is 6.07 Å². The average Bonchev–Trinajstić information content (AvgIpc) is 2.22. The van der Waals surface area contributed by atoms with Gasteiger partial charge in [-0.3, -0.25) is 9.59 Å². The van der Waals surface area contributed by atoms with E-state index >= 15 is 0 Å². The fraction of sp³-hybridized carbons (Fsp3) is 0.385. The van der Waals surface area contributed by atoms with Gasteiger partial charge in [0, 0.05) is 11.3 Å². The Labute approximate surface area is 101 Å². The van der Waals surface area contributed by atoms with Gasteiger partial charge in [-0.25, -0.2) is 0 Å². The molecule has 0 aliphatic rings. The summed E-state index contributed by atoms with van der Waals surface area (Å²) < 4.78 is 5.26. The molecular formula is C13H17NO3. The molecule has 0 aliphatic carbocycles. The van der Waals surface area contributed by atoms with E-state index in [1.807, 2.05) is 26.0 Å². The van der Waals surface area contributed by atoms with Gasteiger partial charge in [0.15, 0.2) is 0 Å². The van der Waals surface area contributed by atoms with Crippen LogP contribution in [0.4, 0.5) is 5.69 Å². The number of ether oxygens (including phenoxy) is 1. The lowest BCUT2D eigenvalue weighted by molar-refractivity contribution is -0.124. The van der Waals surface area contributed by atoms with Crippen molar-refractivity contribution in [3.63, 3.8) is 0 Å². The van der Waals surface area contributed by atoms with Gasteiger partial charge in [0.05, 0.1) is 13.5 Å². The number of methoxy groups -OCH3 is 1. The number of rotatable bonds is 4. The number of hydrogen-bond acceptors (Lipinski definition) is 3. The highest BCUT2D eigenvalue weighted by Gasteiger charge is 2.11. The van der Waals surface area contributed by atoms with Crippen molar-refractivity contribution in [1.29, 1.82) is 0 Å². The summed E-state index contributed by atoms with van der Waals surface area (Å²) in [6.07, 6.45) is -0.102. The number of hydrogen-bond donors (Lipinski definition) is 1. The van der Waals surface area contributed by atoms with E-state index < -0.39 is 0 Å². The Kier molecular flexibility index (Phi) is 4.26. The Balaban J connectivity index is 2.92. The number of amides is 1. The van der Waals surface area contributed by atoms with Crippen LogP contribution >= 0.6 is 0 Å². The molecule has 92 valence electrons. The number of Topliss-reactive ketones (excluding diaryl/α,β-unsaturated/α-hetero) is 1. The quantitative estimate of drug-likeness (QED) is 0.814. The number of carbonyl (C=O) groups excluding carboxylic acids is 2. The maximum absolute atomic E-state index is 11.5. The van der Waals surface area contributed by atoms with Crippen LogP contribution in [0.25, 0.3) is 0 Å². The minimum Gasteiger partial charge on any atom is -0.496 e. The fourth-order valence-electron chi connectivity index (χ4n) is 1.70. The molecule has 1 rings (SSSR count). The number of nitrogens with one attached hydrogen (secondary N) is 1. The summed E-state index contributed by atoms with van der Waals surface area (Å²) in [5, 5.41) is 2.70. The summed E-state index contributed by atoms with van der Waals surface area (Å²) >= 11 is 0. The first-order chi connectivity index (χ1) is 7.95. The van der Waals surface area contributed by atoms with Crippen molar-refractivity contribution in [2.45, 2.75) is 27.2 Å². The molecule has 0 heterocycles. The van der Waals surface area contributed by atoms with Crippen molar-refractivity contribution in [1.82, 2.24) is 0 Å². The summed E-state index contributed by atoms with van der Waals surface area (Å²) in [6.45, 7) is 5.20. The number of carbonyl (C=O) groups is 2. The van der Waals surface area contributed by atoms with E-state index in [4.69, 9.17) is 4.74 Å². The topological polar surface area (TPSA) is 55.4 Å². The Morgan fingerprint density at radius 2 is 1.94 bits per heavy atom. The highest BCUT2D eigenvalue weighted by atomic mass is 16.5. The van der Waals surface area contributed by atoms with Crippen molar-refractivity contribution in [2.75, 3.05) is 12.4 Å². The van der Waals surface area contributed by atoms with E-state index in [1.165, 1.54) is 6.92 Å². The van der Waals surface area contributed by atoms with E-state index in [-0.39, 0.29) is 18.1 Å². The minimum atomic E-state index is -0.300. The fourth-order valence-corrected chi connectivity index (χ4v) is 1.70. The second-order valence-corrected chi connectivity index (χ2v) is 4.02. The minimum absolute atomic E-state index is 0.102. The molecule has 17 heavy (non-hydrogen) atoms. The van der Waals surface area contributed by atoms with Gasteiger partial charge in [-0.2, -0.15) is 0 Å². The molecule has 0 spiro atoms. The molecule has 0 saturated carbocycles. The molecule has 0 radical (unpaired) electrons. The number of ketones is 1. The molecule has 1 N–H and O–H groups in total. The summed E-state index contributed by atoms with van der Waals surface area (Å²) in [5.74, 6) is 0.302. The Bertz CT molecular complexity index is 452. The molecule has 0 unspecified atom stereocenters. The van der Waals surface area contributed by atoms with Crippen molar-refractivity contribution in [3.8, 4) is 5.75 Å². The zero-order chi connectivity index (χ0) is 13.0. The Hall–Kier alpha value is -1.84. The molecule has 0 aliphatic heterocycles. The van der Waals surface area contributed by atoms with Crippen molar-refractivity contribution >= 4 is 17.4 Å². The van der Waals surface area contributed by atoms with Crippen molar-refractivity contribution < 1.29 is 14.3 Å². The largest absolute Gasteiger partial charge is 0.496 e. The van der Waals surface area contributed by atoms with Gasteiger partial charge in [-0.05, 0) is 32.4 Å². The molecule has 0 aromatic heterocycles. The van der Waals surface area contributed by atoms with E-state index in [0.717, 1.165) is 16.9 Å². The first-order valence-electron chi connectivity index (χ1n) is 5.39. The van der Waals surface area contributed by atoms with Crippen molar-refractivity contribution in [2.24, 2.45) is 0 Å². The summed E-state index contributed by atoms with van der Waals surface area (Å²) in [6, 6.07) is 3.68. The maximum atomic E-state index is 11.5. The van der Waals surface area contributed by atoms with Gasteiger partial charge in [-0.15, -0.1) is 0 Å². The van der Waals surface area contributed by atoms with Crippen molar-refractivity contribution in [3.05, 3.63) is 23.3 Å². The third kappa shape index (κ3) is 3.31. The van der Waals surface area contributed by atoms with E-state index in [0.29, 0.717) is 5.69 Å². The number of aryl methyl sites for hydroxylation is 1. The normalized spacial score (nSPS) is 9.88. The second-order valence-electron chi connectivity index (χ2n) is 4.02. The average molecular weight is 235 g/mol. The monoisotopic (exact) mass is 235 g/mol. The molecular weight excluding hydrogens is 218 g/mol. The SMILES string of the molecule is COc1c(C)ccc(NC(=O)CC(C)=O)c1C. The highest BCUT2D eigenvalue weighted by molar-refractivity contribution is 6.03. The third-order valence-corrected chi connectivity index (χ3v) is 2.49. The molecule has 1 aromatic carbocycles. The Morgan fingerprint density at radius 3 is 2.47 bits per heavy atom. The summed E-state index contributed by atoms with van der Waals surface area (Å²) in [5.41, 5.74) is 2.55. The molecule has 0 saturated heterocycles. The van der Waals surface area contributed by atoms with Crippen LogP contribution in [0.2, 0.25) is 0 Å². The Morgan fingerprint density at radius 1 is 1.29 bits per heavy atom. The molecule has 0 bridgehead atoms. The molecule has 4 nitrogen and oxygen atoms in total. The van der Waals surface area contributed by atoms with Crippen LogP contribution in [-0.4, -0.2) is 18.8 Å². The zero-order valence-electron chi connectivity index (χ0n) is 10.6. The lowest BCUT2D eigenvalue weighted by Gasteiger charge is -2.13. The predicted octanol–water partition coefficient (Wildman–Crippen LogP) is 2.23. The van der Waals surface area contributed by atoms with E-state index in [2.05, 4.69) is 5.32 Å². The second kappa shape index (κ2) is 5.48. The lowest BCUT2D eigenvalue weighted by Crippen LogP contribution is -2.15. The van der Waals surface area contributed by atoms with Gasteiger partial charge < -0.3 is 10.1 Å². The van der Waals surface area contributed by atoms with E-state index in [1.54, 1.807) is 7.11 Å². The maximum Gasteiger partial charge on any atom is 0.231 e. The smallest absolute Gasteiger partial charge is 0.231 e. The summed E-state index contributed by atoms with van der Waals surface area (Å²) in [7, 11) is 1.59. The van der Waals surface area contributed by atoms with Crippen LogP contribution in [0.3, 0.4) is 0 Å². The van der Waals surface area contributed by atoms with Crippen LogP contribution in [0.1, 0.15) is 24.5 Å². The highest BCUT2D eigenvalue weighted by Crippen LogP contribution is 2.29.